The zero-order valence-electron chi connectivity index (χ0n) is 13.1. The summed E-state index contributed by atoms with van der Waals surface area (Å²) in [6.45, 7) is 10.3. The summed E-state index contributed by atoms with van der Waals surface area (Å²) in [7, 11) is 0. The van der Waals surface area contributed by atoms with Crippen LogP contribution in [0.1, 0.15) is 43.9 Å². The third-order valence-electron chi connectivity index (χ3n) is 4.59. The van der Waals surface area contributed by atoms with Gasteiger partial charge >= 0.3 is 0 Å². The summed E-state index contributed by atoms with van der Waals surface area (Å²) in [5.74, 6) is 1.45. The van der Waals surface area contributed by atoms with Gasteiger partial charge in [-0.05, 0) is 33.1 Å². The Morgan fingerprint density at radius 1 is 1.24 bits per heavy atom. The van der Waals surface area contributed by atoms with Crippen molar-refractivity contribution in [3.63, 3.8) is 0 Å². The minimum atomic E-state index is 0.208. The van der Waals surface area contributed by atoms with Crippen LogP contribution in [-0.2, 0) is 4.74 Å². The first-order valence-corrected chi connectivity index (χ1v) is 8.10. The van der Waals surface area contributed by atoms with Gasteiger partial charge in [0.1, 0.15) is 0 Å². The van der Waals surface area contributed by atoms with E-state index in [9.17, 15) is 0 Å². The van der Waals surface area contributed by atoms with Crippen molar-refractivity contribution >= 4 is 0 Å². The number of ether oxygens (including phenoxy) is 1. The first-order valence-electron chi connectivity index (χ1n) is 8.10. The summed E-state index contributed by atoms with van der Waals surface area (Å²) in [5, 5.41) is 3.89. The molecule has 2 atom stereocenters. The van der Waals surface area contributed by atoms with Gasteiger partial charge in [-0.25, -0.2) is 0 Å². The van der Waals surface area contributed by atoms with Crippen molar-refractivity contribution in [1.29, 1.82) is 0 Å². The lowest BCUT2D eigenvalue weighted by molar-refractivity contribution is -0.0175. The number of rotatable bonds is 4. The van der Waals surface area contributed by atoms with Gasteiger partial charge in [0.15, 0.2) is 5.82 Å². The third-order valence-corrected chi connectivity index (χ3v) is 4.59. The molecule has 2 fully saturated rings. The van der Waals surface area contributed by atoms with Crippen LogP contribution < -0.4 is 0 Å². The van der Waals surface area contributed by atoms with Crippen molar-refractivity contribution in [1.82, 2.24) is 19.9 Å². The molecule has 118 valence electrons. The Labute approximate surface area is 126 Å². The number of hydrogen-bond acceptors (Lipinski definition) is 6. The van der Waals surface area contributed by atoms with Crippen LogP contribution in [-0.4, -0.2) is 65.4 Å². The summed E-state index contributed by atoms with van der Waals surface area (Å²) < 4.78 is 11.1. The van der Waals surface area contributed by atoms with Gasteiger partial charge in [-0.2, -0.15) is 4.98 Å². The SMILES string of the molecule is Cc1noc([C@H](C)N2CCN(C[C@@H]3CCCCO3)CC2)n1. The van der Waals surface area contributed by atoms with Crippen LogP contribution in [0.3, 0.4) is 0 Å². The number of aromatic nitrogens is 2. The predicted octanol–water partition coefficient (Wildman–Crippen LogP) is 1.63. The van der Waals surface area contributed by atoms with Gasteiger partial charge in [-0.15, -0.1) is 0 Å². The average Bonchev–Trinajstić information content (AvgIpc) is 2.95. The van der Waals surface area contributed by atoms with E-state index in [0.29, 0.717) is 11.9 Å². The monoisotopic (exact) mass is 294 g/mol. The van der Waals surface area contributed by atoms with E-state index in [2.05, 4.69) is 26.9 Å². The van der Waals surface area contributed by atoms with E-state index in [1.54, 1.807) is 0 Å². The van der Waals surface area contributed by atoms with Gasteiger partial charge in [-0.1, -0.05) is 5.16 Å². The zero-order chi connectivity index (χ0) is 14.7. The van der Waals surface area contributed by atoms with E-state index in [1.165, 1.54) is 19.3 Å². The Morgan fingerprint density at radius 2 is 2.05 bits per heavy atom. The van der Waals surface area contributed by atoms with E-state index in [0.717, 1.165) is 45.2 Å². The number of hydrogen-bond donors (Lipinski definition) is 0. The second-order valence-electron chi connectivity index (χ2n) is 6.18. The molecular formula is C15H26N4O2. The molecule has 1 aromatic rings. The van der Waals surface area contributed by atoms with Crippen LogP contribution in [0.25, 0.3) is 0 Å². The lowest BCUT2D eigenvalue weighted by Gasteiger charge is -2.38. The van der Waals surface area contributed by atoms with Gasteiger partial charge < -0.3 is 9.26 Å². The first-order chi connectivity index (χ1) is 10.2. The third kappa shape index (κ3) is 3.81. The molecule has 0 aromatic carbocycles. The highest BCUT2D eigenvalue weighted by atomic mass is 16.5. The summed E-state index contributed by atoms with van der Waals surface area (Å²) >= 11 is 0. The van der Waals surface area contributed by atoms with Crippen molar-refractivity contribution in [3.05, 3.63) is 11.7 Å². The van der Waals surface area contributed by atoms with E-state index < -0.39 is 0 Å². The minimum Gasteiger partial charge on any atom is -0.377 e. The molecule has 0 unspecified atom stereocenters. The van der Waals surface area contributed by atoms with E-state index >= 15 is 0 Å². The summed E-state index contributed by atoms with van der Waals surface area (Å²) in [4.78, 5) is 9.29. The predicted molar refractivity (Wildman–Crippen MR) is 79.1 cm³/mol. The average molecular weight is 294 g/mol. The molecule has 2 aliphatic heterocycles. The summed E-state index contributed by atoms with van der Waals surface area (Å²) in [6.07, 6.45) is 4.21. The van der Waals surface area contributed by atoms with Crippen LogP contribution in [0, 0.1) is 6.92 Å². The molecule has 0 spiro atoms. The topological polar surface area (TPSA) is 54.6 Å². The lowest BCUT2D eigenvalue weighted by atomic mass is 10.1. The van der Waals surface area contributed by atoms with Gasteiger partial charge in [0.25, 0.3) is 0 Å². The maximum absolute atomic E-state index is 5.84. The Kier molecular flexibility index (Phi) is 4.87. The molecule has 0 aliphatic carbocycles. The lowest BCUT2D eigenvalue weighted by Crippen LogP contribution is -2.49. The van der Waals surface area contributed by atoms with Gasteiger partial charge in [-0.3, -0.25) is 9.80 Å². The van der Waals surface area contributed by atoms with E-state index in [4.69, 9.17) is 9.26 Å². The fourth-order valence-electron chi connectivity index (χ4n) is 3.21. The summed E-state index contributed by atoms with van der Waals surface area (Å²) in [5.41, 5.74) is 0. The van der Waals surface area contributed by atoms with Gasteiger partial charge in [0.2, 0.25) is 5.89 Å². The molecule has 0 saturated carbocycles. The molecule has 0 amide bonds. The molecule has 0 bridgehead atoms. The van der Waals surface area contributed by atoms with Crippen LogP contribution in [0.4, 0.5) is 0 Å². The van der Waals surface area contributed by atoms with Crippen LogP contribution >= 0.6 is 0 Å². The van der Waals surface area contributed by atoms with E-state index in [-0.39, 0.29) is 6.04 Å². The van der Waals surface area contributed by atoms with Crippen molar-refractivity contribution in [2.24, 2.45) is 0 Å². The maximum atomic E-state index is 5.84. The molecular weight excluding hydrogens is 268 g/mol. The standard InChI is InChI=1S/C15H26N4O2/c1-12(15-16-13(2)17-21-15)19-8-6-18(7-9-19)11-14-5-3-4-10-20-14/h12,14H,3-11H2,1-2H3/t12-,14-/m0/s1. The molecule has 2 saturated heterocycles. The van der Waals surface area contributed by atoms with Gasteiger partial charge in [0, 0.05) is 39.3 Å². The zero-order valence-corrected chi connectivity index (χ0v) is 13.1. The van der Waals surface area contributed by atoms with E-state index in [1.807, 2.05) is 6.92 Å². The van der Waals surface area contributed by atoms with Crippen LogP contribution in [0.15, 0.2) is 4.52 Å². The molecule has 3 heterocycles. The number of piperazine rings is 1. The first kappa shape index (κ1) is 14.9. The van der Waals surface area contributed by atoms with Crippen molar-refractivity contribution in [2.45, 2.75) is 45.3 Å². The Hall–Kier alpha value is -0.980. The van der Waals surface area contributed by atoms with Crippen LogP contribution in [0.5, 0.6) is 0 Å². The second kappa shape index (κ2) is 6.85. The Morgan fingerprint density at radius 3 is 2.67 bits per heavy atom. The fraction of sp³-hybridized carbons (Fsp3) is 0.867. The van der Waals surface area contributed by atoms with Crippen molar-refractivity contribution in [2.75, 3.05) is 39.3 Å². The number of aryl methyl sites for hydroxylation is 1. The molecule has 1 aromatic heterocycles. The smallest absolute Gasteiger partial charge is 0.243 e. The normalized spacial score (nSPS) is 26.9. The fourth-order valence-corrected chi connectivity index (χ4v) is 3.21. The van der Waals surface area contributed by atoms with Crippen LogP contribution in [0.2, 0.25) is 0 Å². The van der Waals surface area contributed by atoms with Crippen molar-refractivity contribution < 1.29 is 9.26 Å². The molecule has 3 rings (SSSR count). The quantitative estimate of drug-likeness (QED) is 0.841. The molecule has 2 aliphatic rings. The minimum absolute atomic E-state index is 0.208. The van der Waals surface area contributed by atoms with Gasteiger partial charge in [0.05, 0.1) is 12.1 Å². The highest BCUT2D eigenvalue weighted by Crippen LogP contribution is 2.21. The molecule has 21 heavy (non-hydrogen) atoms. The number of nitrogens with zero attached hydrogens (tertiary/aromatic N) is 4. The largest absolute Gasteiger partial charge is 0.377 e. The molecule has 0 N–H and O–H groups in total. The molecule has 0 radical (unpaired) electrons. The van der Waals surface area contributed by atoms with Crippen molar-refractivity contribution in [3.8, 4) is 0 Å². The highest BCUT2D eigenvalue weighted by Gasteiger charge is 2.27. The highest BCUT2D eigenvalue weighted by molar-refractivity contribution is 4.92. The molecule has 6 nitrogen and oxygen atoms in total. The second-order valence-corrected chi connectivity index (χ2v) is 6.18. The summed E-state index contributed by atoms with van der Waals surface area (Å²) in [6, 6.07) is 0.208. The molecule has 6 heteroatoms. The maximum Gasteiger partial charge on any atom is 0.243 e. The Balaban J connectivity index is 1.46. The Bertz CT molecular complexity index is 437.